The van der Waals surface area contributed by atoms with Crippen LogP contribution in [-0.4, -0.2) is 20.9 Å². The minimum atomic E-state index is -1.16. The number of nitrogens with zero attached hydrogens (tertiary/aromatic N) is 2. The molecule has 6 heteroatoms. The van der Waals surface area contributed by atoms with Crippen molar-refractivity contribution in [3.63, 3.8) is 0 Å². The molecule has 0 spiro atoms. The van der Waals surface area contributed by atoms with E-state index < -0.39 is 5.97 Å². The maximum absolute atomic E-state index is 11.6. The van der Waals surface area contributed by atoms with Gasteiger partial charge in [0.1, 0.15) is 0 Å². The zero-order valence-corrected chi connectivity index (χ0v) is 10.8. The topological polar surface area (TPSA) is 72.2 Å². The number of carboxylic acids is 1. The van der Waals surface area contributed by atoms with Crippen LogP contribution in [0.2, 0.25) is 0 Å². The first-order valence-electron chi connectivity index (χ1n) is 5.13. The van der Waals surface area contributed by atoms with Crippen molar-refractivity contribution in [3.05, 3.63) is 62.5 Å². The highest BCUT2D eigenvalue weighted by molar-refractivity contribution is 9.10. The Balaban J connectivity index is 2.40. The number of benzene rings is 1. The molecule has 1 aromatic carbocycles. The van der Waals surface area contributed by atoms with Gasteiger partial charge in [0.05, 0.1) is 6.54 Å². The Kier molecular flexibility index (Phi) is 3.57. The molecule has 1 heterocycles. The lowest BCUT2D eigenvalue weighted by atomic mass is 10.2. The Morgan fingerprint density at radius 1 is 1.28 bits per heavy atom. The predicted molar refractivity (Wildman–Crippen MR) is 68.7 cm³/mol. The molecule has 2 rings (SSSR count). The maximum Gasteiger partial charge on any atom is 0.356 e. The molecule has 0 aliphatic carbocycles. The van der Waals surface area contributed by atoms with Gasteiger partial charge in [-0.05, 0) is 17.7 Å². The normalized spacial score (nSPS) is 10.3. The third-order valence-corrected chi connectivity index (χ3v) is 3.14. The van der Waals surface area contributed by atoms with Gasteiger partial charge in [-0.15, -0.1) is 0 Å². The molecular weight excluding hydrogens is 300 g/mol. The van der Waals surface area contributed by atoms with E-state index in [1.165, 1.54) is 12.1 Å². The van der Waals surface area contributed by atoms with Crippen molar-refractivity contribution in [1.29, 1.82) is 0 Å². The number of hydrogen-bond acceptors (Lipinski definition) is 3. The summed E-state index contributed by atoms with van der Waals surface area (Å²) < 4.78 is 1.98. The summed E-state index contributed by atoms with van der Waals surface area (Å²) in [7, 11) is 0. The van der Waals surface area contributed by atoms with E-state index >= 15 is 0 Å². The number of carbonyl (C=O) groups is 1. The Labute approximate surface area is 111 Å². The Bertz CT molecular complexity index is 652. The second-order valence-electron chi connectivity index (χ2n) is 3.61. The number of rotatable bonds is 3. The highest BCUT2D eigenvalue weighted by Gasteiger charge is 2.08. The van der Waals surface area contributed by atoms with Gasteiger partial charge in [-0.2, -0.15) is 5.10 Å². The molecule has 0 radical (unpaired) electrons. The number of hydrogen-bond donors (Lipinski definition) is 1. The lowest BCUT2D eigenvalue weighted by Crippen LogP contribution is -2.25. The van der Waals surface area contributed by atoms with Crippen molar-refractivity contribution in [2.45, 2.75) is 6.54 Å². The van der Waals surface area contributed by atoms with Gasteiger partial charge in [-0.1, -0.05) is 34.1 Å². The van der Waals surface area contributed by atoms with Crippen molar-refractivity contribution < 1.29 is 9.90 Å². The van der Waals surface area contributed by atoms with Gasteiger partial charge in [0.2, 0.25) is 0 Å². The monoisotopic (exact) mass is 308 g/mol. The molecule has 0 unspecified atom stereocenters. The van der Waals surface area contributed by atoms with Gasteiger partial charge in [-0.25, -0.2) is 9.48 Å². The molecule has 0 saturated heterocycles. The second kappa shape index (κ2) is 5.14. The van der Waals surface area contributed by atoms with E-state index in [1.54, 1.807) is 0 Å². The van der Waals surface area contributed by atoms with Gasteiger partial charge >= 0.3 is 5.97 Å². The van der Waals surface area contributed by atoms with E-state index in [9.17, 15) is 9.59 Å². The van der Waals surface area contributed by atoms with Crippen LogP contribution in [0.4, 0.5) is 0 Å². The fourth-order valence-electron chi connectivity index (χ4n) is 1.46. The van der Waals surface area contributed by atoms with Crippen molar-refractivity contribution in [2.75, 3.05) is 0 Å². The van der Waals surface area contributed by atoms with Gasteiger partial charge < -0.3 is 5.11 Å². The second-order valence-corrected chi connectivity index (χ2v) is 4.47. The molecule has 0 bridgehead atoms. The molecule has 1 aromatic heterocycles. The standard InChI is InChI=1S/C12H9BrN2O3/c13-9-4-2-1-3-8(9)7-15-11(16)6-5-10(14-15)12(17)18/h1-6H,7H2,(H,17,18). The third kappa shape index (κ3) is 2.65. The lowest BCUT2D eigenvalue weighted by molar-refractivity contribution is 0.0687. The summed E-state index contributed by atoms with van der Waals surface area (Å²) in [6.07, 6.45) is 0. The quantitative estimate of drug-likeness (QED) is 0.937. The number of aromatic nitrogens is 2. The Hall–Kier alpha value is -1.95. The molecular formula is C12H9BrN2O3. The summed E-state index contributed by atoms with van der Waals surface area (Å²) in [6.45, 7) is 0.224. The van der Waals surface area contributed by atoms with Crippen LogP contribution in [0.1, 0.15) is 16.1 Å². The fourth-order valence-corrected chi connectivity index (χ4v) is 1.87. The Morgan fingerprint density at radius 2 is 2.00 bits per heavy atom. The fraction of sp³-hybridized carbons (Fsp3) is 0.0833. The molecule has 2 aromatic rings. The van der Waals surface area contributed by atoms with E-state index in [4.69, 9.17) is 5.11 Å². The first-order valence-corrected chi connectivity index (χ1v) is 5.92. The van der Waals surface area contributed by atoms with Crippen LogP contribution in [0.15, 0.2) is 45.7 Å². The first kappa shape index (κ1) is 12.5. The van der Waals surface area contributed by atoms with Crippen LogP contribution in [0.25, 0.3) is 0 Å². The maximum atomic E-state index is 11.6. The number of halogens is 1. The third-order valence-electron chi connectivity index (χ3n) is 2.36. The Morgan fingerprint density at radius 3 is 2.67 bits per heavy atom. The largest absolute Gasteiger partial charge is 0.476 e. The summed E-state index contributed by atoms with van der Waals surface area (Å²) in [5, 5.41) is 12.6. The zero-order chi connectivity index (χ0) is 13.1. The van der Waals surface area contributed by atoms with E-state index in [1.807, 2.05) is 24.3 Å². The molecule has 0 saturated carbocycles. The summed E-state index contributed by atoms with van der Waals surface area (Å²) in [6, 6.07) is 9.78. The molecule has 0 aliphatic rings. The average molecular weight is 309 g/mol. The van der Waals surface area contributed by atoms with Crippen LogP contribution in [-0.2, 0) is 6.54 Å². The van der Waals surface area contributed by atoms with Crippen molar-refractivity contribution in [3.8, 4) is 0 Å². The average Bonchev–Trinajstić information content (AvgIpc) is 2.34. The van der Waals surface area contributed by atoms with Crippen molar-refractivity contribution in [1.82, 2.24) is 9.78 Å². The predicted octanol–water partition coefficient (Wildman–Crippen LogP) is 1.75. The van der Waals surface area contributed by atoms with Crippen molar-refractivity contribution in [2.24, 2.45) is 0 Å². The van der Waals surface area contributed by atoms with Crippen LogP contribution in [0.5, 0.6) is 0 Å². The molecule has 0 fully saturated rings. The van der Waals surface area contributed by atoms with Crippen molar-refractivity contribution >= 4 is 21.9 Å². The smallest absolute Gasteiger partial charge is 0.356 e. The minimum absolute atomic E-state index is 0.151. The van der Waals surface area contributed by atoms with E-state index in [-0.39, 0.29) is 17.8 Å². The van der Waals surface area contributed by atoms with Gasteiger partial charge in [0.25, 0.3) is 5.56 Å². The molecule has 0 amide bonds. The molecule has 5 nitrogen and oxygen atoms in total. The van der Waals surface area contributed by atoms with Gasteiger partial charge in [-0.3, -0.25) is 4.79 Å². The molecule has 92 valence electrons. The summed E-state index contributed by atoms with van der Waals surface area (Å²) >= 11 is 3.37. The lowest BCUT2D eigenvalue weighted by Gasteiger charge is -2.06. The van der Waals surface area contributed by atoms with Crippen LogP contribution < -0.4 is 5.56 Å². The highest BCUT2D eigenvalue weighted by Crippen LogP contribution is 2.16. The molecule has 0 atom stereocenters. The molecule has 18 heavy (non-hydrogen) atoms. The van der Waals surface area contributed by atoms with E-state index in [0.717, 1.165) is 14.7 Å². The van der Waals surface area contributed by atoms with E-state index in [0.29, 0.717) is 0 Å². The van der Waals surface area contributed by atoms with E-state index in [2.05, 4.69) is 21.0 Å². The van der Waals surface area contributed by atoms with Gasteiger partial charge in [0.15, 0.2) is 5.69 Å². The highest BCUT2D eigenvalue weighted by atomic mass is 79.9. The summed E-state index contributed by atoms with van der Waals surface area (Å²) in [5.74, 6) is -1.16. The summed E-state index contributed by atoms with van der Waals surface area (Å²) in [4.78, 5) is 22.4. The van der Waals surface area contributed by atoms with Crippen LogP contribution in [0.3, 0.4) is 0 Å². The SMILES string of the molecule is O=C(O)c1ccc(=O)n(Cc2ccccc2Br)n1. The van der Waals surface area contributed by atoms with Gasteiger partial charge in [0, 0.05) is 10.5 Å². The summed E-state index contributed by atoms with van der Waals surface area (Å²) in [5.41, 5.74) is 0.368. The minimum Gasteiger partial charge on any atom is -0.476 e. The van der Waals surface area contributed by atoms with Crippen LogP contribution in [0, 0.1) is 0 Å². The van der Waals surface area contributed by atoms with Crippen LogP contribution >= 0.6 is 15.9 Å². The zero-order valence-electron chi connectivity index (χ0n) is 9.21. The first-order chi connectivity index (χ1) is 8.58. The molecule has 1 N–H and O–H groups in total. The number of carboxylic acid groups (broad SMARTS) is 1. The number of aromatic carboxylic acids is 1. The molecule has 0 aliphatic heterocycles.